The van der Waals surface area contributed by atoms with E-state index in [-0.39, 0.29) is 22.6 Å². The zero-order chi connectivity index (χ0) is 25.2. The maximum absolute atomic E-state index is 14.7. The van der Waals surface area contributed by atoms with Crippen molar-refractivity contribution in [3.63, 3.8) is 0 Å². The van der Waals surface area contributed by atoms with E-state index < -0.39 is 46.4 Å². The molecule has 3 rings (SSSR count). The van der Waals surface area contributed by atoms with Gasteiger partial charge in [-0.2, -0.15) is 13.2 Å². The summed E-state index contributed by atoms with van der Waals surface area (Å²) in [6.07, 6.45) is -1.75. The summed E-state index contributed by atoms with van der Waals surface area (Å²) in [5.41, 5.74) is -2.31. The molecule has 3 aromatic carbocycles. The van der Waals surface area contributed by atoms with Crippen molar-refractivity contribution in [1.82, 2.24) is 0 Å². The second kappa shape index (κ2) is 9.99. The Balaban J connectivity index is 1.92. The van der Waals surface area contributed by atoms with Crippen molar-refractivity contribution in [2.24, 2.45) is 0 Å². The average Bonchev–Trinajstić information content (AvgIpc) is 2.71. The smallest absolute Gasteiger partial charge is 0.206 e. The van der Waals surface area contributed by atoms with Crippen molar-refractivity contribution in [3.05, 3.63) is 93.8 Å². The highest BCUT2D eigenvalue weighted by atomic mass is 19.4. The van der Waals surface area contributed by atoms with Crippen LogP contribution in [0.3, 0.4) is 0 Å². The Labute approximate surface area is 191 Å². The molecule has 0 amide bonds. The van der Waals surface area contributed by atoms with E-state index in [1.54, 1.807) is 6.07 Å². The minimum atomic E-state index is -5.23. The monoisotopic (exact) mass is 484 g/mol. The van der Waals surface area contributed by atoms with Gasteiger partial charge in [0.15, 0.2) is 0 Å². The van der Waals surface area contributed by atoms with Gasteiger partial charge in [-0.3, -0.25) is 0 Å². The predicted octanol–water partition coefficient (Wildman–Crippen LogP) is 9.14. The van der Waals surface area contributed by atoms with E-state index in [4.69, 9.17) is 0 Å². The van der Waals surface area contributed by atoms with Crippen LogP contribution in [0, 0.1) is 29.1 Å². The minimum Gasteiger partial charge on any atom is -0.206 e. The highest BCUT2D eigenvalue weighted by Gasteiger charge is 2.37. The molecular formula is C26H20F8. The minimum absolute atomic E-state index is 0.00680. The van der Waals surface area contributed by atoms with Crippen LogP contribution < -0.4 is 0 Å². The van der Waals surface area contributed by atoms with Gasteiger partial charge in [0.25, 0.3) is 0 Å². The van der Waals surface area contributed by atoms with E-state index in [0.29, 0.717) is 12.1 Å². The summed E-state index contributed by atoms with van der Waals surface area (Å²) in [5, 5.41) is 0. The SMILES string of the molecule is CCCC(C)c1ccc(-c2cc(F)c(/C=C/c3cc(F)c(C(F)(F)F)c(F)c3)c(F)c2)c(F)c1. The predicted molar refractivity (Wildman–Crippen MR) is 115 cm³/mol. The van der Waals surface area contributed by atoms with Gasteiger partial charge in [0.05, 0.1) is 0 Å². The van der Waals surface area contributed by atoms with Gasteiger partial charge < -0.3 is 0 Å². The first-order valence-electron chi connectivity index (χ1n) is 10.5. The summed E-state index contributed by atoms with van der Waals surface area (Å²) >= 11 is 0. The lowest BCUT2D eigenvalue weighted by molar-refractivity contribution is -0.142. The maximum Gasteiger partial charge on any atom is 0.422 e. The van der Waals surface area contributed by atoms with Gasteiger partial charge in [-0.25, -0.2) is 22.0 Å². The average molecular weight is 484 g/mol. The molecule has 0 radical (unpaired) electrons. The van der Waals surface area contributed by atoms with Crippen molar-refractivity contribution < 1.29 is 35.1 Å². The standard InChI is InChI=1S/C26H20F8/c1-3-4-14(2)16-6-8-18(20(27)11-16)17-12-21(28)19(22(29)13-17)7-5-15-9-23(30)25(24(31)10-15)26(32,33)34/h5-14H,3-4H2,1-2H3/b7-5+. The molecule has 0 aliphatic carbocycles. The van der Waals surface area contributed by atoms with Gasteiger partial charge in [-0.05, 0) is 65.4 Å². The molecule has 0 aliphatic rings. The topological polar surface area (TPSA) is 0 Å². The summed E-state index contributed by atoms with van der Waals surface area (Å²) in [6.45, 7) is 3.96. The summed E-state index contributed by atoms with van der Waals surface area (Å²) < 4.78 is 109. The molecule has 34 heavy (non-hydrogen) atoms. The van der Waals surface area contributed by atoms with Gasteiger partial charge in [-0.15, -0.1) is 0 Å². The van der Waals surface area contributed by atoms with Gasteiger partial charge in [0.1, 0.15) is 34.6 Å². The first-order valence-corrected chi connectivity index (χ1v) is 10.5. The molecule has 0 saturated carbocycles. The van der Waals surface area contributed by atoms with Crippen LogP contribution in [-0.4, -0.2) is 0 Å². The fraction of sp³-hybridized carbons (Fsp3) is 0.231. The molecule has 0 heterocycles. The third-order valence-corrected chi connectivity index (χ3v) is 5.46. The van der Waals surface area contributed by atoms with Crippen molar-refractivity contribution in [2.45, 2.75) is 38.8 Å². The molecule has 0 fully saturated rings. The zero-order valence-electron chi connectivity index (χ0n) is 18.2. The van der Waals surface area contributed by atoms with Crippen LogP contribution in [0.15, 0.2) is 42.5 Å². The van der Waals surface area contributed by atoms with Crippen LogP contribution in [0.2, 0.25) is 0 Å². The van der Waals surface area contributed by atoms with Crippen molar-refractivity contribution in [3.8, 4) is 11.1 Å². The lowest BCUT2D eigenvalue weighted by atomic mass is 9.93. The molecule has 3 aromatic rings. The number of hydrogen-bond acceptors (Lipinski definition) is 0. The van der Waals surface area contributed by atoms with Crippen LogP contribution in [0.1, 0.15) is 54.9 Å². The van der Waals surface area contributed by atoms with Crippen LogP contribution in [0.4, 0.5) is 35.1 Å². The Morgan fingerprint density at radius 2 is 1.35 bits per heavy atom. The van der Waals surface area contributed by atoms with E-state index in [1.165, 1.54) is 12.1 Å². The lowest BCUT2D eigenvalue weighted by Crippen LogP contribution is -2.11. The molecule has 0 N–H and O–H groups in total. The molecular weight excluding hydrogens is 464 g/mol. The Morgan fingerprint density at radius 1 is 0.765 bits per heavy atom. The number of alkyl halides is 3. The first-order chi connectivity index (χ1) is 15.9. The molecule has 0 nitrogen and oxygen atoms in total. The van der Waals surface area contributed by atoms with Crippen LogP contribution >= 0.6 is 0 Å². The second-order valence-corrected chi connectivity index (χ2v) is 7.97. The van der Waals surface area contributed by atoms with E-state index >= 15 is 0 Å². The molecule has 1 atom stereocenters. The Hall–Kier alpha value is -3.16. The first kappa shape index (κ1) is 25.5. The number of hydrogen-bond donors (Lipinski definition) is 0. The third-order valence-electron chi connectivity index (χ3n) is 5.46. The molecule has 0 bridgehead atoms. The molecule has 0 spiro atoms. The quantitative estimate of drug-likeness (QED) is 0.242. The van der Waals surface area contributed by atoms with Crippen molar-refractivity contribution in [2.75, 3.05) is 0 Å². The highest BCUT2D eigenvalue weighted by molar-refractivity contribution is 5.73. The molecule has 0 aromatic heterocycles. The normalized spacial score (nSPS) is 13.0. The number of benzene rings is 3. The highest BCUT2D eigenvalue weighted by Crippen LogP contribution is 2.35. The fourth-order valence-corrected chi connectivity index (χ4v) is 3.71. The van der Waals surface area contributed by atoms with Gasteiger partial charge in [-0.1, -0.05) is 38.5 Å². The summed E-state index contributed by atoms with van der Waals surface area (Å²) in [4.78, 5) is 0. The zero-order valence-corrected chi connectivity index (χ0v) is 18.2. The molecule has 1 unspecified atom stereocenters. The van der Waals surface area contributed by atoms with Gasteiger partial charge in [0.2, 0.25) is 0 Å². The third kappa shape index (κ3) is 5.48. The molecule has 0 saturated heterocycles. The van der Waals surface area contributed by atoms with Gasteiger partial charge >= 0.3 is 6.18 Å². The fourth-order valence-electron chi connectivity index (χ4n) is 3.71. The van der Waals surface area contributed by atoms with Crippen molar-refractivity contribution >= 4 is 12.2 Å². The van der Waals surface area contributed by atoms with Crippen LogP contribution in [0.5, 0.6) is 0 Å². The van der Waals surface area contributed by atoms with E-state index in [0.717, 1.165) is 42.7 Å². The Bertz CT molecular complexity index is 1180. The summed E-state index contributed by atoms with van der Waals surface area (Å²) in [7, 11) is 0. The molecule has 0 aliphatic heterocycles. The Kier molecular flexibility index (Phi) is 7.48. The molecule has 180 valence electrons. The molecule has 8 heteroatoms. The van der Waals surface area contributed by atoms with E-state index in [9.17, 15) is 35.1 Å². The second-order valence-electron chi connectivity index (χ2n) is 7.97. The summed E-state index contributed by atoms with van der Waals surface area (Å²) in [5.74, 6) is -6.39. The van der Waals surface area contributed by atoms with Crippen LogP contribution in [0.25, 0.3) is 23.3 Å². The van der Waals surface area contributed by atoms with E-state index in [1.807, 2.05) is 13.8 Å². The number of halogens is 8. The Morgan fingerprint density at radius 3 is 1.85 bits per heavy atom. The summed E-state index contributed by atoms with van der Waals surface area (Å²) in [6, 6.07) is 7.08. The van der Waals surface area contributed by atoms with Gasteiger partial charge in [0, 0.05) is 11.1 Å². The number of rotatable bonds is 6. The van der Waals surface area contributed by atoms with E-state index in [2.05, 4.69) is 0 Å². The maximum atomic E-state index is 14.7. The van der Waals surface area contributed by atoms with Crippen LogP contribution in [-0.2, 0) is 6.18 Å². The largest absolute Gasteiger partial charge is 0.422 e. The lowest BCUT2D eigenvalue weighted by Gasteiger charge is -2.13. The van der Waals surface area contributed by atoms with Crippen molar-refractivity contribution in [1.29, 1.82) is 0 Å².